The highest BCUT2D eigenvalue weighted by Crippen LogP contribution is 2.24. The summed E-state index contributed by atoms with van der Waals surface area (Å²) in [6, 6.07) is 7.00. The van der Waals surface area contributed by atoms with Crippen molar-refractivity contribution in [3.05, 3.63) is 29.8 Å². The lowest BCUT2D eigenvalue weighted by molar-refractivity contribution is -0.114. The molecule has 0 saturated carbocycles. The summed E-state index contributed by atoms with van der Waals surface area (Å²) in [5.41, 5.74) is 1.22. The van der Waals surface area contributed by atoms with Crippen molar-refractivity contribution in [1.82, 2.24) is 0 Å². The van der Waals surface area contributed by atoms with Crippen LogP contribution in [0.3, 0.4) is 0 Å². The number of rotatable bonds is 4. The molecule has 15 heavy (non-hydrogen) atoms. The second kappa shape index (κ2) is 5.48. The van der Waals surface area contributed by atoms with Crippen molar-refractivity contribution in [3.8, 4) is 0 Å². The lowest BCUT2D eigenvalue weighted by Crippen LogP contribution is -2.10. The van der Waals surface area contributed by atoms with Crippen LogP contribution in [0.2, 0.25) is 0 Å². The molecule has 0 aliphatic rings. The van der Waals surface area contributed by atoms with Crippen LogP contribution in [0.15, 0.2) is 24.3 Å². The van der Waals surface area contributed by atoms with Gasteiger partial charge in [-0.05, 0) is 6.07 Å². The molecule has 1 aromatic rings. The summed E-state index contributed by atoms with van der Waals surface area (Å²) in [7, 11) is 0. The van der Waals surface area contributed by atoms with E-state index in [0.29, 0.717) is 11.3 Å². The first-order valence-electron chi connectivity index (χ1n) is 4.80. The van der Waals surface area contributed by atoms with Crippen molar-refractivity contribution in [2.24, 2.45) is 0 Å². The van der Waals surface area contributed by atoms with Crippen molar-refractivity contribution >= 4 is 11.6 Å². The molecule has 1 atom stereocenters. The molecule has 0 fully saturated rings. The van der Waals surface area contributed by atoms with E-state index in [9.17, 15) is 9.90 Å². The van der Waals surface area contributed by atoms with E-state index in [1.54, 1.807) is 24.3 Å². The summed E-state index contributed by atoms with van der Waals surface area (Å²) in [6.45, 7) is 1.32. The third-order valence-electron chi connectivity index (χ3n) is 2.03. The van der Waals surface area contributed by atoms with Gasteiger partial charge >= 0.3 is 0 Å². The summed E-state index contributed by atoms with van der Waals surface area (Å²) in [6.07, 6.45) is -0.491. The van der Waals surface area contributed by atoms with E-state index in [1.165, 1.54) is 6.92 Å². The lowest BCUT2D eigenvalue weighted by atomic mass is 10.0. The van der Waals surface area contributed by atoms with Crippen molar-refractivity contribution in [3.63, 3.8) is 0 Å². The van der Waals surface area contributed by atoms with Crippen LogP contribution >= 0.6 is 0 Å². The van der Waals surface area contributed by atoms with Crippen molar-refractivity contribution in [2.45, 2.75) is 19.4 Å². The van der Waals surface area contributed by atoms with E-state index < -0.39 is 6.10 Å². The van der Waals surface area contributed by atoms with Gasteiger partial charge in [0.1, 0.15) is 0 Å². The van der Waals surface area contributed by atoms with E-state index in [-0.39, 0.29) is 18.9 Å². The molecular formula is C11H15NO3. The Hall–Kier alpha value is -1.39. The summed E-state index contributed by atoms with van der Waals surface area (Å²) in [4.78, 5) is 10.9. The Bertz CT molecular complexity index is 338. The SMILES string of the molecule is CC(=O)Nc1ccccc1C(O)CCO. The molecule has 0 saturated heterocycles. The van der Waals surface area contributed by atoms with E-state index in [4.69, 9.17) is 5.11 Å². The second-order valence-corrected chi connectivity index (χ2v) is 3.30. The molecule has 4 heteroatoms. The predicted octanol–water partition coefficient (Wildman–Crippen LogP) is 1.06. The minimum atomic E-state index is -0.752. The summed E-state index contributed by atoms with van der Waals surface area (Å²) >= 11 is 0. The molecule has 82 valence electrons. The Kier molecular flexibility index (Phi) is 4.27. The molecule has 1 amide bonds. The monoisotopic (exact) mass is 209 g/mol. The number of para-hydroxylation sites is 1. The maximum absolute atomic E-state index is 10.9. The quantitative estimate of drug-likeness (QED) is 0.694. The minimum absolute atomic E-state index is 0.0877. The fraction of sp³-hybridized carbons (Fsp3) is 0.364. The number of nitrogens with one attached hydrogen (secondary N) is 1. The van der Waals surface area contributed by atoms with Crippen LogP contribution in [0.4, 0.5) is 5.69 Å². The maximum Gasteiger partial charge on any atom is 0.221 e. The number of aliphatic hydroxyl groups is 2. The normalized spacial score (nSPS) is 12.2. The topological polar surface area (TPSA) is 69.6 Å². The number of hydrogen-bond donors (Lipinski definition) is 3. The number of aliphatic hydroxyl groups excluding tert-OH is 2. The fourth-order valence-corrected chi connectivity index (χ4v) is 1.37. The van der Waals surface area contributed by atoms with Gasteiger partial charge in [0.15, 0.2) is 0 Å². The molecule has 1 rings (SSSR count). The van der Waals surface area contributed by atoms with Gasteiger partial charge in [-0.1, -0.05) is 18.2 Å². The smallest absolute Gasteiger partial charge is 0.221 e. The molecule has 0 aromatic heterocycles. The molecule has 0 aliphatic carbocycles. The first kappa shape index (κ1) is 11.7. The number of benzene rings is 1. The van der Waals surface area contributed by atoms with E-state index in [0.717, 1.165) is 0 Å². The highest BCUT2D eigenvalue weighted by molar-refractivity contribution is 5.89. The number of carbonyl (C=O) groups excluding carboxylic acids is 1. The first-order valence-corrected chi connectivity index (χ1v) is 4.80. The standard InChI is InChI=1S/C11H15NO3/c1-8(14)12-10-5-3-2-4-9(10)11(15)6-7-13/h2-5,11,13,15H,6-7H2,1H3,(H,12,14). The van der Waals surface area contributed by atoms with Crippen molar-refractivity contribution < 1.29 is 15.0 Å². The van der Waals surface area contributed by atoms with Crippen molar-refractivity contribution in [2.75, 3.05) is 11.9 Å². The average Bonchev–Trinajstić information content (AvgIpc) is 2.18. The van der Waals surface area contributed by atoms with Crippen LogP contribution in [0.25, 0.3) is 0 Å². The van der Waals surface area contributed by atoms with Crippen LogP contribution in [0.5, 0.6) is 0 Å². The second-order valence-electron chi connectivity index (χ2n) is 3.30. The van der Waals surface area contributed by atoms with Gasteiger partial charge in [-0.3, -0.25) is 4.79 Å². The summed E-state index contributed by atoms with van der Waals surface area (Å²) in [5, 5.41) is 21.1. The molecular weight excluding hydrogens is 194 g/mol. The third-order valence-corrected chi connectivity index (χ3v) is 2.03. The zero-order chi connectivity index (χ0) is 11.3. The molecule has 0 radical (unpaired) electrons. The summed E-state index contributed by atoms with van der Waals surface area (Å²) < 4.78 is 0. The average molecular weight is 209 g/mol. The number of anilines is 1. The van der Waals surface area contributed by atoms with Gasteiger partial charge in [0, 0.05) is 31.2 Å². The van der Waals surface area contributed by atoms with Gasteiger partial charge in [0.25, 0.3) is 0 Å². The minimum Gasteiger partial charge on any atom is -0.396 e. The van der Waals surface area contributed by atoms with E-state index >= 15 is 0 Å². The van der Waals surface area contributed by atoms with Gasteiger partial charge in [-0.15, -0.1) is 0 Å². The molecule has 0 heterocycles. The number of carbonyl (C=O) groups is 1. The third kappa shape index (κ3) is 3.34. The fourth-order valence-electron chi connectivity index (χ4n) is 1.37. The Morgan fingerprint density at radius 2 is 2.13 bits per heavy atom. The Balaban J connectivity index is 2.89. The molecule has 0 spiro atoms. The zero-order valence-corrected chi connectivity index (χ0v) is 8.60. The molecule has 3 N–H and O–H groups in total. The lowest BCUT2D eigenvalue weighted by Gasteiger charge is -2.14. The van der Waals surface area contributed by atoms with Crippen LogP contribution in [0.1, 0.15) is 25.0 Å². The van der Waals surface area contributed by atoms with Gasteiger partial charge in [0.05, 0.1) is 6.10 Å². The van der Waals surface area contributed by atoms with Crippen LogP contribution in [-0.2, 0) is 4.79 Å². The van der Waals surface area contributed by atoms with Gasteiger partial charge in [0.2, 0.25) is 5.91 Å². The Morgan fingerprint density at radius 1 is 1.47 bits per heavy atom. The van der Waals surface area contributed by atoms with Gasteiger partial charge < -0.3 is 15.5 Å². The van der Waals surface area contributed by atoms with Crippen LogP contribution < -0.4 is 5.32 Å². The van der Waals surface area contributed by atoms with Gasteiger partial charge in [-0.25, -0.2) is 0 Å². The van der Waals surface area contributed by atoms with E-state index in [1.807, 2.05) is 0 Å². The number of hydrogen-bond acceptors (Lipinski definition) is 3. The first-order chi connectivity index (χ1) is 7.15. The molecule has 0 bridgehead atoms. The highest BCUT2D eigenvalue weighted by atomic mass is 16.3. The van der Waals surface area contributed by atoms with Crippen LogP contribution in [-0.4, -0.2) is 22.7 Å². The Labute approximate surface area is 88.6 Å². The predicted molar refractivity (Wildman–Crippen MR) is 57.4 cm³/mol. The van der Waals surface area contributed by atoms with Crippen molar-refractivity contribution in [1.29, 1.82) is 0 Å². The zero-order valence-electron chi connectivity index (χ0n) is 8.60. The molecule has 1 aromatic carbocycles. The maximum atomic E-state index is 10.9. The van der Waals surface area contributed by atoms with E-state index in [2.05, 4.69) is 5.32 Å². The largest absolute Gasteiger partial charge is 0.396 e. The molecule has 4 nitrogen and oxygen atoms in total. The highest BCUT2D eigenvalue weighted by Gasteiger charge is 2.11. The molecule has 1 unspecified atom stereocenters. The van der Waals surface area contributed by atoms with Crippen LogP contribution in [0, 0.1) is 0 Å². The Morgan fingerprint density at radius 3 is 2.73 bits per heavy atom. The van der Waals surface area contributed by atoms with Gasteiger partial charge in [-0.2, -0.15) is 0 Å². The number of amides is 1. The molecule has 0 aliphatic heterocycles. The summed E-state index contributed by atoms with van der Waals surface area (Å²) in [5.74, 6) is -0.182.